The molecule has 8 nitrogen and oxygen atoms in total. The standard InChI is InChI=1S/C22H20N2O6/c1-13(25)15-5-3-7-17(11-15)23-21(28)14(2)30-22(29)16-6-4-8-18(12-16)24-19(26)9-10-20(24)27/h3-8,11-12,14H,9-10H2,1-2H3,(H,23,28)/t14-/m0/s1. The van der Waals surface area contributed by atoms with Gasteiger partial charge in [0, 0.05) is 24.1 Å². The summed E-state index contributed by atoms with van der Waals surface area (Å²) in [6.45, 7) is 2.84. The number of nitrogens with zero attached hydrogens (tertiary/aromatic N) is 1. The molecule has 30 heavy (non-hydrogen) atoms. The summed E-state index contributed by atoms with van der Waals surface area (Å²) >= 11 is 0. The highest BCUT2D eigenvalue weighted by molar-refractivity contribution is 6.20. The van der Waals surface area contributed by atoms with Crippen LogP contribution in [0.4, 0.5) is 11.4 Å². The molecule has 1 fully saturated rings. The first-order chi connectivity index (χ1) is 14.3. The summed E-state index contributed by atoms with van der Waals surface area (Å²) in [5, 5.41) is 2.60. The van der Waals surface area contributed by atoms with E-state index in [0.29, 0.717) is 11.3 Å². The molecule has 0 spiro atoms. The van der Waals surface area contributed by atoms with Crippen molar-refractivity contribution in [2.24, 2.45) is 0 Å². The van der Waals surface area contributed by atoms with Gasteiger partial charge in [0.1, 0.15) is 0 Å². The number of hydrogen-bond donors (Lipinski definition) is 1. The fraction of sp³-hybridized carbons (Fsp3) is 0.227. The van der Waals surface area contributed by atoms with Gasteiger partial charge in [0.05, 0.1) is 11.3 Å². The molecule has 0 bridgehead atoms. The van der Waals surface area contributed by atoms with Crippen LogP contribution in [0.3, 0.4) is 0 Å². The van der Waals surface area contributed by atoms with E-state index in [4.69, 9.17) is 4.74 Å². The number of amides is 3. The van der Waals surface area contributed by atoms with Crippen molar-refractivity contribution in [3.63, 3.8) is 0 Å². The zero-order chi connectivity index (χ0) is 21.8. The number of anilines is 2. The molecule has 0 unspecified atom stereocenters. The Balaban J connectivity index is 1.67. The number of hydrogen-bond acceptors (Lipinski definition) is 6. The lowest BCUT2D eigenvalue weighted by molar-refractivity contribution is -0.124. The fourth-order valence-corrected chi connectivity index (χ4v) is 2.98. The van der Waals surface area contributed by atoms with Crippen molar-refractivity contribution in [3.05, 3.63) is 59.7 Å². The molecule has 154 valence electrons. The summed E-state index contributed by atoms with van der Waals surface area (Å²) in [7, 11) is 0. The Morgan fingerprint density at radius 2 is 1.60 bits per heavy atom. The monoisotopic (exact) mass is 408 g/mol. The van der Waals surface area contributed by atoms with Crippen LogP contribution in [0.2, 0.25) is 0 Å². The maximum Gasteiger partial charge on any atom is 0.338 e. The van der Waals surface area contributed by atoms with Crippen molar-refractivity contribution in [3.8, 4) is 0 Å². The van der Waals surface area contributed by atoms with Crippen molar-refractivity contribution in [2.75, 3.05) is 10.2 Å². The molecule has 1 N–H and O–H groups in total. The van der Waals surface area contributed by atoms with Crippen LogP contribution in [0.15, 0.2) is 48.5 Å². The molecule has 1 saturated heterocycles. The van der Waals surface area contributed by atoms with Gasteiger partial charge in [-0.05, 0) is 44.2 Å². The summed E-state index contributed by atoms with van der Waals surface area (Å²) in [5.74, 6) is -2.13. The van der Waals surface area contributed by atoms with Gasteiger partial charge in [-0.3, -0.25) is 24.1 Å². The normalized spacial score (nSPS) is 14.4. The van der Waals surface area contributed by atoms with Gasteiger partial charge in [-0.1, -0.05) is 18.2 Å². The van der Waals surface area contributed by atoms with Gasteiger partial charge in [0.2, 0.25) is 11.8 Å². The summed E-state index contributed by atoms with van der Waals surface area (Å²) in [6.07, 6.45) is -0.845. The Morgan fingerprint density at radius 3 is 2.27 bits per heavy atom. The third-order valence-electron chi connectivity index (χ3n) is 4.58. The number of esters is 1. The highest BCUT2D eigenvalue weighted by atomic mass is 16.5. The minimum absolute atomic E-state index is 0.109. The fourth-order valence-electron chi connectivity index (χ4n) is 2.98. The van der Waals surface area contributed by atoms with Crippen molar-refractivity contribution in [2.45, 2.75) is 32.8 Å². The number of benzene rings is 2. The molecule has 2 aromatic rings. The second kappa shape index (κ2) is 8.69. The summed E-state index contributed by atoms with van der Waals surface area (Å²) in [5.41, 5.74) is 1.25. The van der Waals surface area contributed by atoms with Crippen LogP contribution in [0, 0.1) is 0 Å². The number of carbonyl (C=O) groups excluding carboxylic acids is 5. The zero-order valence-corrected chi connectivity index (χ0v) is 16.5. The molecule has 0 aromatic heterocycles. The maximum atomic E-state index is 12.5. The zero-order valence-electron chi connectivity index (χ0n) is 16.5. The third-order valence-corrected chi connectivity index (χ3v) is 4.58. The smallest absolute Gasteiger partial charge is 0.338 e. The van der Waals surface area contributed by atoms with Crippen molar-refractivity contribution < 1.29 is 28.7 Å². The van der Waals surface area contributed by atoms with Crippen LogP contribution in [0.25, 0.3) is 0 Å². The quantitative estimate of drug-likeness (QED) is 0.447. The van der Waals surface area contributed by atoms with Crippen LogP contribution in [0.5, 0.6) is 0 Å². The van der Waals surface area contributed by atoms with Crippen molar-refractivity contribution in [1.82, 2.24) is 0 Å². The molecule has 0 saturated carbocycles. The van der Waals surface area contributed by atoms with E-state index in [-0.39, 0.29) is 41.7 Å². The van der Waals surface area contributed by atoms with Gasteiger partial charge >= 0.3 is 5.97 Å². The minimum atomic E-state index is -1.11. The van der Waals surface area contributed by atoms with Crippen molar-refractivity contribution >= 4 is 40.8 Å². The van der Waals surface area contributed by atoms with Crippen LogP contribution >= 0.6 is 0 Å². The largest absolute Gasteiger partial charge is 0.449 e. The molecule has 1 aliphatic heterocycles. The highest BCUT2D eigenvalue weighted by Crippen LogP contribution is 2.24. The van der Waals surface area contributed by atoms with E-state index in [1.54, 1.807) is 24.3 Å². The molecular formula is C22H20N2O6. The summed E-state index contributed by atoms with van der Waals surface area (Å²) in [6, 6.07) is 12.3. The summed E-state index contributed by atoms with van der Waals surface area (Å²) < 4.78 is 5.21. The van der Waals surface area contributed by atoms with Gasteiger partial charge in [0.25, 0.3) is 5.91 Å². The second-order valence-corrected chi connectivity index (χ2v) is 6.85. The lowest BCUT2D eigenvalue weighted by Crippen LogP contribution is -2.30. The molecule has 2 aromatic carbocycles. The average molecular weight is 408 g/mol. The predicted molar refractivity (Wildman–Crippen MR) is 108 cm³/mol. The maximum absolute atomic E-state index is 12.5. The number of nitrogens with one attached hydrogen (secondary N) is 1. The van der Waals surface area contributed by atoms with E-state index in [1.807, 2.05) is 0 Å². The summed E-state index contributed by atoms with van der Waals surface area (Å²) in [4.78, 5) is 61.1. The van der Waals surface area contributed by atoms with Crippen LogP contribution in [-0.2, 0) is 19.1 Å². The Bertz CT molecular complexity index is 1030. The Kier molecular flexibility index (Phi) is 6.06. The van der Waals surface area contributed by atoms with Crippen LogP contribution in [0.1, 0.15) is 47.4 Å². The lowest BCUT2D eigenvalue weighted by atomic mass is 10.1. The van der Waals surface area contributed by atoms with E-state index in [9.17, 15) is 24.0 Å². The number of ketones is 1. The average Bonchev–Trinajstić information content (AvgIpc) is 3.06. The molecule has 3 amide bonds. The van der Waals surface area contributed by atoms with E-state index in [0.717, 1.165) is 4.90 Å². The molecule has 1 heterocycles. The molecular weight excluding hydrogens is 388 g/mol. The van der Waals surface area contributed by atoms with Crippen molar-refractivity contribution in [1.29, 1.82) is 0 Å². The molecule has 3 rings (SSSR count). The molecule has 1 atom stereocenters. The first-order valence-electron chi connectivity index (χ1n) is 9.35. The van der Waals surface area contributed by atoms with Gasteiger partial charge in [-0.25, -0.2) is 4.79 Å². The Hall–Kier alpha value is -3.81. The highest BCUT2D eigenvalue weighted by Gasteiger charge is 2.30. The molecule has 1 aliphatic rings. The topological polar surface area (TPSA) is 110 Å². The number of carbonyl (C=O) groups is 5. The van der Waals surface area contributed by atoms with Crippen LogP contribution in [-0.4, -0.2) is 35.6 Å². The lowest BCUT2D eigenvalue weighted by Gasteiger charge is -2.16. The number of rotatable bonds is 6. The minimum Gasteiger partial charge on any atom is -0.449 e. The van der Waals surface area contributed by atoms with E-state index >= 15 is 0 Å². The van der Waals surface area contributed by atoms with E-state index in [1.165, 1.54) is 38.1 Å². The number of Topliss-reactive ketones (excluding diaryl/α,β-unsaturated/α-hetero) is 1. The number of imide groups is 1. The molecule has 8 heteroatoms. The Labute approximate surface area is 172 Å². The molecule has 0 aliphatic carbocycles. The van der Waals surface area contributed by atoms with Gasteiger partial charge < -0.3 is 10.1 Å². The van der Waals surface area contributed by atoms with Gasteiger partial charge in [-0.2, -0.15) is 0 Å². The third kappa shape index (κ3) is 4.60. The van der Waals surface area contributed by atoms with E-state index in [2.05, 4.69) is 5.32 Å². The first kappa shape index (κ1) is 20.9. The Morgan fingerprint density at radius 1 is 0.967 bits per heavy atom. The molecule has 0 radical (unpaired) electrons. The van der Waals surface area contributed by atoms with Crippen LogP contribution < -0.4 is 10.2 Å². The second-order valence-electron chi connectivity index (χ2n) is 6.85. The SMILES string of the molecule is CC(=O)c1cccc(NC(=O)[C@H](C)OC(=O)c2cccc(N3C(=O)CCC3=O)c2)c1. The first-order valence-corrected chi connectivity index (χ1v) is 9.35. The van der Waals surface area contributed by atoms with E-state index < -0.39 is 18.0 Å². The number of ether oxygens (including phenoxy) is 1. The van der Waals surface area contributed by atoms with Gasteiger partial charge in [0.15, 0.2) is 11.9 Å². The van der Waals surface area contributed by atoms with Gasteiger partial charge in [-0.15, -0.1) is 0 Å². The predicted octanol–water partition coefficient (Wildman–Crippen LogP) is 2.73.